The lowest BCUT2D eigenvalue weighted by Gasteiger charge is -2.53. The largest absolute Gasteiger partial charge is 0.299 e. The molecule has 112 valence electrons. The van der Waals surface area contributed by atoms with Crippen molar-refractivity contribution in [2.24, 2.45) is 29.6 Å². The molecule has 3 heteroatoms. The number of carbonyl (C=O) groups is 1. The third-order valence-corrected chi connectivity index (χ3v) is 5.98. The first-order chi connectivity index (χ1) is 10.1. The maximum Gasteiger partial charge on any atom is 0.140 e. The minimum absolute atomic E-state index is 0.124. The topological polar surface area (TPSA) is 17.1 Å². The molecule has 0 saturated heterocycles. The standard InChI is InChI=1S/C18H20F2O/c19-15-2-1-12(16(20)9-15)8-17(21)18-13-4-10-3-11(6-13)7-14(18)5-10/h1-2,9-11,13-14,18H,3-8H2. The van der Waals surface area contributed by atoms with Gasteiger partial charge in [0.1, 0.15) is 17.4 Å². The van der Waals surface area contributed by atoms with Crippen molar-refractivity contribution in [2.45, 2.75) is 38.5 Å². The van der Waals surface area contributed by atoms with E-state index in [4.69, 9.17) is 0 Å². The highest BCUT2D eigenvalue weighted by Gasteiger charge is 2.50. The Hall–Kier alpha value is -1.25. The van der Waals surface area contributed by atoms with Crippen LogP contribution in [-0.2, 0) is 11.2 Å². The van der Waals surface area contributed by atoms with Crippen LogP contribution < -0.4 is 0 Å². The minimum atomic E-state index is -0.591. The van der Waals surface area contributed by atoms with Crippen LogP contribution in [0.4, 0.5) is 8.78 Å². The molecular weight excluding hydrogens is 270 g/mol. The van der Waals surface area contributed by atoms with Crippen molar-refractivity contribution >= 4 is 5.78 Å². The van der Waals surface area contributed by atoms with Gasteiger partial charge in [0.05, 0.1) is 0 Å². The van der Waals surface area contributed by atoms with Gasteiger partial charge in [0.15, 0.2) is 0 Å². The van der Waals surface area contributed by atoms with Crippen LogP contribution in [0.1, 0.15) is 37.7 Å². The van der Waals surface area contributed by atoms with Gasteiger partial charge >= 0.3 is 0 Å². The molecule has 4 fully saturated rings. The number of Topliss-reactive ketones (excluding diaryl/α,β-unsaturated/α-hetero) is 1. The van der Waals surface area contributed by atoms with E-state index < -0.39 is 11.6 Å². The van der Waals surface area contributed by atoms with Gasteiger partial charge in [-0.25, -0.2) is 8.78 Å². The average Bonchev–Trinajstić information content (AvgIpc) is 2.40. The van der Waals surface area contributed by atoms with Crippen molar-refractivity contribution in [3.63, 3.8) is 0 Å². The summed E-state index contributed by atoms with van der Waals surface area (Å²) in [5.74, 6) is 1.84. The third kappa shape index (κ3) is 2.31. The second-order valence-corrected chi connectivity index (χ2v) is 7.34. The molecule has 1 aromatic carbocycles. The molecule has 4 aliphatic carbocycles. The first-order valence-corrected chi connectivity index (χ1v) is 8.07. The average molecular weight is 290 g/mol. The summed E-state index contributed by atoms with van der Waals surface area (Å²) in [6.07, 6.45) is 6.24. The normalized spacial score (nSPS) is 37.0. The van der Waals surface area contributed by atoms with Crippen LogP contribution in [0.25, 0.3) is 0 Å². The molecule has 0 heterocycles. The SMILES string of the molecule is O=C(Cc1ccc(F)cc1F)C1C2CC3CC(C2)CC1C3. The summed E-state index contributed by atoms with van der Waals surface area (Å²) in [6.45, 7) is 0. The monoisotopic (exact) mass is 290 g/mol. The van der Waals surface area contributed by atoms with E-state index in [1.165, 1.54) is 44.2 Å². The van der Waals surface area contributed by atoms with Gasteiger partial charge < -0.3 is 0 Å². The molecule has 21 heavy (non-hydrogen) atoms. The van der Waals surface area contributed by atoms with Crippen molar-refractivity contribution in [3.05, 3.63) is 35.4 Å². The van der Waals surface area contributed by atoms with E-state index in [9.17, 15) is 13.6 Å². The number of halogens is 2. The summed E-state index contributed by atoms with van der Waals surface area (Å²) < 4.78 is 26.7. The zero-order valence-electron chi connectivity index (χ0n) is 12.0. The molecule has 0 N–H and O–H groups in total. The zero-order valence-corrected chi connectivity index (χ0v) is 12.0. The fourth-order valence-electron chi connectivity index (χ4n) is 5.42. The van der Waals surface area contributed by atoms with E-state index in [0.29, 0.717) is 17.4 Å². The lowest BCUT2D eigenvalue weighted by atomic mass is 9.51. The van der Waals surface area contributed by atoms with E-state index in [2.05, 4.69) is 0 Å². The van der Waals surface area contributed by atoms with Gasteiger partial charge in [0, 0.05) is 18.4 Å². The highest BCUT2D eigenvalue weighted by molar-refractivity contribution is 5.84. The molecule has 0 spiro atoms. The fourth-order valence-corrected chi connectivity index (χ4v) is 5.42. The Morgan fingerprint density at radius 1 is 1.00 bits per heavy atom. The summed E-state index contributed by atoms with van der Waals surface area (Å²) in [5.41, 5.74) is 0.343. The molecule has 4 bridgehead atoms. The second kappa shape index (κ2) is 4.89. The zero-order chi connectivity index (χ0) is 14.6. The van der Waals surface area contributed by atoms with Crippen LogP contribution in [0.5, 0.6) is 0 Å². The number of rotatable bonds is 3. The van der Waals surface area contributed by atoms with Crippen molar-refractivity contribution in [1.29, 1.82) is 0 Å². The molecule has 1 aromatic rings. The number of carbonyl (C=O) groups excluding carboxylic acids is 1. The predicted octanol–water partition coefficient (Wildman–Crippen LogP) is 4.15. The minimum Gasteiger partial charge on any atom is -0.299 e. The summed E-state index contributed by atoms with van der Waals surface area (Å²) in [7, 11) is 0. The van der Waals surface area contributed by atoms with Crippen molar-refractivity contribution in [3.8, 4) is 0 Å². The Morgan fingerprint density at radius 3 is 2.19 bits per heavy atom. The number of ketones is 1. The van der Waals surface area contributed by atoms with Gasteiger partial charge in [-0.15, -0.1) is 0 Å². The Labute approximate surface area is 123 Å². The van der Waals surface area contributed by atoms with Gasteiger partial charge in [-0.1, -0.05) is 6.07 Å². The summed E-state index contributed by atoms with van der Waals surface area (Å²) in [5, 5.41) is 0. The Bertz CT molecular complexity index is 553. The lowest BCUT2D eigenvalue weighted by Crippen LogP contribution is -2.48. The molecule has 0 aromatic heterocycles. The Kier molecular flexibility index (Phi) is 3.13. The van der Waals surface area contributed by atoms with Crippen LogP contribution in [-0.4, -0.2) is 5.78 Å². The summed E-state index contributed by atoms with van der Waals surface area (Å²) in [4.78, 5) is 12.7. The fraction of sp³-hybridized carbons (Fsp3) is 0.611. The maximum absolute atomic E-state index is 13.7. The van der Waals surface area contributed by atoms with E-state index in [1.54, 1.807) is 0 Å². The smallest absolute Gasteiger partial charge is 0.140 e. The van der Waals surface area contributed by atoms with Crippen LogP contribution in [0.2, 0.25) is 0 Å². The van der Waals surface area contributed by atoms with Crippen LogP contribution in [0.3, 0.4) is 0 Å². The molecule has 4 saturated carbocycles. The van der Waals surface area contributed by atoms with Gasteiger partial charge in [-0.3, -0.25) is 4.79 Å². The van der Waals surface area contributed by atoms with Gasteiger partial charge in [0.2, 0.25) is 0 Å². The Balaban J connectivity index is 1.52. The number of hydrogen-bond donors (Lipinski definition) is 0. The lowest BCUT2D eigenvalue weighted by molar-refractivity contribution is -0.135. The van der Waals surface area contributed by atoms with Crippen LogP contribution >= 0.6 is 0 Å². The molecule has 0 amide bonds. The summed E-state index contributed by atoms with van der Waals surface area (Å²) in [6, 6.07) is 3.53. The van der Waals surface area contributed by atoms with E-state index in [-0.39, 0.29) is 18.1 Å². The van der Waals surface area contributed by atoms with E-state index in [1.807, 2.05) is 0 Å². The van der Waals surface area contributed by atoms with Gasteiger partial charge in [-0.05, 0) is 67.4 Å². The quantitative estimate of drug-likeness (QED) is 0.817. The molecule has 0 aliphatic heterocycles. The molecular formula is C18H20F2O. The maximum atomic E-state index is 13.7. The third-order valence-electron chi connectivity index (χ3n) is 5.98. The highest BCUT2D eigenvalue weighted by atomic mass is 19.1. The van der Waals surface area contributed by atoms with E-state index >= 15 is 0 Å². The molecule has 0 unspecified atom stereocenters. The first kappa shape index (κ1) is 13.4. The molecule has 4 aliphatic rings. The predicted molar refractivity (Wildman–Crippen MR) is 75.6 cm³/mol. The number of benzene rings is 1. The van der Waals surface area contributed by atoms with Crippen LogP contribution in [0.15, 0.2) is 18.2 Å². The molecule has 0 radical (unpaired) electrons. The van der Waals surface area contributed by atoms with E-state index in [0.717, 1.165) is 17.9 Å². The number of hydrogen-bond acceptors (Lipinski definition) is 1. The van der Waals surface area contributed by atoms with Gasteiger partial charge in [-0.2, -0.15) is 0 Å². The first-order valence-electron chi connectivity index (χ1n) is 8.07. The second-order valence-electron chi connectivity index (χ2n) is 7.34. The molecule has 1 nitrogen and oxygen atoms in total. The van der Waals surface area contributed by atoms with Gasteiger partial charge in [0.25, 0.3) is 0 Å². The van der Waals surface area contributed by atoms with Crippen molar-refractivity contribution < 1.29 is 13.6 Å². The van der Waals surface area contributed by atoms with Crippen LogP contribution in [0, 0.1) is 41.2 Å². The van der Waals surface area contributed by atoms with Crippen molar-refractivity contribution in [2.75, 3.05) is 0 Å². The molecule has 5 rings (SSSR count). The highest BCUT2D eigenvalue weighted by Crippen LogP contribution is 2.56. The Morgan fingerprint density at radius 2 is 1.62 bits per heavy atom. The molecule has 0 atom stereocenters. The summed E-state index contributed by atoms with van der Waals surface area (Å²) >= 11 is 0. The van der Waals surface area contributed by atoms with Crippen molar-refractivity contribution in [1.82, 2.24) is 0 Å².